The number of nitrogens with zero attached hydrogens (tertiary/aromatic N) is 2. The molecular formula is C19H22N4O6. The first-order valence-electron chi connectivity index (χ1n) is 9.28. The Morgan fingerprint density at radius 1 is 1.21 bits per heavy atom. The van der Waals surface area contributed by atoms with Crippen molar-refractivity contribution in [2.24, 2.45) is 0 Å². The van der Waals surface area contributed by atoms with Crippen LogP contribution in [0.2, 0.25) is 0 Å². The SMILES string of the molecule is CCCNC(=O)NC(=O)COC(=O)[C@@]12CCC(=O)N1c1ccccc1C(=O)N2C. The monoisotopic (exact) mass is 402 g/mol. The van der Waals surface area contributed by atoms with Crippen LogP contribution in [0.15, 0.2) is 24.3 Å². The first-order valence-corrected chi connectivity index (χ1v) is 9.28. The second-order valence-electron chi connectivity index (χ2n) is 6.81. The molecule has 10 nitrogen and oxygen atoms in total. The molecule has 29 heavy (non-hydrogen) atoms. The molecule has 0 aliphatic carbocycles. The third-order valence-electron chi connectivity index (χ3n) is 4.99. The second-order valence-corrected chi connectivity index (χ2v) is 6.81. The molecule has 2 aliphatic heterocycles. The maximum atomic E-state index is 13.0. The van der Waals surface area contributed by atoms with E-state index in [9.17, 15) is 24.0 Å². The molecule has 2 N–H and O–H groups in total. The molecule has 1 atom stereocenters. The third-order valence-corrected chi connectivity index (χ3v) is 4.99. The summed E-state index contributed by atoms with van der Waals surface area (Å²) >= 11 is 0. The van der Waals surface area contributed by atoms with Crippen LogP contribution in [0.1, 0.15) is 36.5 Å². The number of imide groups is 1. The first kappa shape index (κ1) is 20.3. The lowest BCUT2D eigenvalue weighted by molar-refractivity contribution is -0.159. The Morgan fingerprint density at radius 3 is 2.66 bits per heavy atom. The number of fused-ring (bicyclic) bond motifs is 3. The molecule has 2 aliphatic rings. The normalized spacial score (nSPS) is 20.1. The Kier molecular flexibility index (Phi) is 5.53. The minimum absolute atomic E-state index is 0.0415. The molecule has 0 aromatic heterocycles. The highest BCUT2D eigenvalue weighted by Crippen LogP contribution is 2.44. The number of anilines is 1. The number of urea groups is 1. The van der Waals surface area contributed by atoms with Crippen LogP contribution in [0.25, 0.3) is 0 Å². The molecule has 0 unspecified atom stereocenters. The number of benzene rings is 1. The van der Waals surface area contributed by atoms with Gasteiger partial charge in [0, 0.05) is 26.4 Å². The van der Waals surface area contributed by atoms with Gasteiger partial charge in [-0.1, -0.05) is 19.1 Å². The van der Waals surface area contributed by atoms with Crippen LogP contribution >= 0.6 is 0 Å². The average Bonchev–Trinajstić information content (AvgIpc) is 3.07. The van der Waals surface area contributed by atoms with Gasteiger partial charge in [0.1, 0.15) is 0 Å². The van der Waals surface area contributed by atoms with Crippen LogP contribution in [0.3, 0.4) is 0 Å². The van der Waals surface area contributed by atoms with Crippen LogP contribution in [-0.4, -0.2) is 60.5 Å². The summed E-state index contributed by atoms with van der Waals surface area (Å²) in [6.07, 6.45) is 0.789. The number of hydrogen-bond donors (Lipinski definition) is 2. The van der Waals surface area contributed by atoms with Gasteiger partial charge in [0.05, 0.1) is 11.3 Å². The predicted molar refractivity (Wildman–Crippen MR) is 101 cm³/mol. The summed E-state index contributed by atoms with van der Waals surface area (Å²) in [5, 5.41) is 4.51. The Morgan fingerprint density at radius 2 is 1.93 bits per heavy atom. The van der Waals surface area contributed by atoms with Gasteiger partial charge in [-0.2, -0.15) is 0 Å². The molecule has 0 spiro atoms. The second kappa shape index (κ2) is 7.90. The lowest BCUT2D eigenvalue weighted by Gasteiger charge is -2.46. The van der Waals surface area contributed by atoms with Crippen molar-refractivity contribution in [3.63, 3.8) is 0 Å². The number of ether oxygens (including phenoxy) is 1. The minimum atomic E-state index is -1.66. The van der Waals surface area contributed by atoms with Gasteiger partial charge in [0.15, 0.2) is 6.61 Å². The van der Waals surface area contributed by atoms with Crippen molar-refractivity contribution in [2.75, 3.05) is 25.1 Å². The average molecular weight is 402 g/mol. The molecule has 5 amide bonds. The van der Waals surface area contributed by atoms with E-state index in [-0.39, 0.29) is 18.7 Å². The van der Waals surface area contributed by atoms with Gasteiger partial charge in [-0.15, -0.1) is 0 Å². The van der Waals surface area contributed by atoms with E-state index >= 15 is 0 Å². The summed E-state index contributed by atoms with van der Waals surface area (Å²) in [4.78, 5) is 64.2. The van der Waals surface area contributed by atoms with Crippen LogP contribution < -0.4 is 15.5 Å². The quantitative estimate of drug-likeness (QED) is 0.686. The van der Waals surface area contributed by atoms with E-state index in [0.717, 1.165) is 0 Å². The van der Waals surface area contributed by atoms with Crippen LogP contribution in [0.5, 0.6) is 0 Å². The van der Waals surface area contributed by atoms with Gasteiger partial charge in [-0.05, 0) is 18.6 Å². The zero-order valence-electron chi connectivity index (χ0n) is 16.2. The van der Waals surface area contributed by atoms with E-state index in [2.05, 4.69) is 5.32 Å². The molecule has 0 radical (unpaired) electrons. The zero-order chi connectivity index (χ0) is 21.2. The molecule has 1 saturated heterocycles. The molecule has 3 rings (SSSR count). The fraction of sp³-hybridized carbons (Fsp3) is 0.421. The maximum absolute atomic E-state index is 13.0. The summed E-state index contributed by atoms with van der Waals surface area (Å²) in [5.74, 6) is -2.47. The largest absolute Gasteiger partial charge is 0.452 e. The summed E-state index contributed by atoms with van der Waals surface area (Å²) < 4.78 is 5.12. The fourth-order valence-corrected chi connectivity index (χ4v) is 3.58. The molecular weight excluding hydrogens is 380 g/mol. The van der Waals surface area contributed by atoms with E-state index in [1.165, 1.54) is 16.8 Å². The van der Waals surface area contributed by atoms with E-state index < -0.39 is 36.1 Å². The van der Waals surface area contributed by atoms with E-state index in [1.54, 1.807) is 24.3 Å². The smallest absolute Gasteiger partial charge is 0.354 e. The number of nitrogens with one attached hydrogen (secondary N) is 2. The van der Waals surface area contributed by atoms with Gasteiger partial charge in [0.2, 0.25) is 11.6 Å². The summed E-state index contributed by atoms with van der Waals surface area (Å²) in [5.41, 5.74) is -1.02. The van der Waals surface area contributed by atoms with Crippen LogP contribution in [0.4, 0.5) is 10.5 Å². The molecule has 1 fully saturated rings. The first-order chi connectivity index (χ1) is 13.8. The van der Waals surface area contributed by atoms with Gasteiger partial charge in [-0.3, -0.25) is 24.6 Å². The van der Waals surface area contributed by atoms with Gasteiger partial charge >= 0.3 is 12.0 Å². The predicted octanol–water partition coefficient (Wildman–Crippen LogP) is 0.374. The minimum Gasteiger partial charge on any atom is -0.452 e. The maximum Gasteiger partial charge on any atom is 0.354 e. The topological polar surface area (TPSA) is 125 Å². The van der Waals surface area contributed by atoms with Crippen molar-refractivity contribution in [3.05, 3.63) is 29.8 Å². The highest BCUT2D eigenvalue weighted by Gasteiger charge is 2.60. The molecule has 10 heteroatoms. The van der Waals surface area contributed by atoms with Gasteiger partial charge in [-0.25, -0.2) is 9.59 Å². The number of carbonyl (C=O) groups excluding carboxylic acids is 5. The number of hydrogen-bond acceptors (Lipinski definition) is 6. The highest BCUT2D eigenvalue weighted by atomic mass is 16.5. The Labute approximate surface area is 167 Å². The van der Waals surface area contributed by atoms with Crippen molar-refractivity contribution >= 4 is 35.4 Å². The van der Waals surface area contributed by atoms with Crippen molar-refractivity contribution < 1.29 is 28.7 Å². The Bertz CT molecular complexity index is 885. The van der Waals surface area contributed by atoms with Gasteiger partial charge in [0.25, 0.3) is 11.8 Å². The van der Waals surface area contributed by atoms with Crippen molar-refractivity contribution in [3.8, 4) is 0 Å². The molecule has 1 aromatic carbocycles. The van der Waals surface area contributed by atoms with E-state index in [1.807, 2.05) is 12.2 Å². The molecule has 0 bridgehead atoms. The number of amides is 5. The summed E-state index contributed by atoms with van der Waals surface area (Å²) in [6, 6.07) is 5.82. The van der Waals surface area contributed by atoms with Crippen molar-refractivity contribution in [2.45, 2.75) is 31.8 Å². The molecule has 0 saturated carbocycles. The van der Waals surface area contributed by atoms with Crippen molar-refractivity contribution in [1.82, 2.24) is 15.5 Å². The third kappa shape index (κ3) is 3.41. The lowest BCUT2D eigenvalue weighted by atomic mass is 9.97. The highest BCUT2D eigenvalue weighted by molar-refractivity contribution is 6.15. The lowest BCUT2D eigenvalue weighted by Crippen LogP contribution is -2.67. The summed E-state index contributed by atoms with van der Waals surface area (Å²) in [7, 11) is 1.42. The number of likely N-dealkylation sites (N-methyl/N-ethyl adjacent to an activating group) is 1. The zero-order valence-corrected chi connectivity index (χ0v) is 16.2. The van der Waals surface area contributed by atoms with Crippen LogP contribution in [0, 0.1) is 0 Å². The molecule has 154 valence electrons. The molecule has 2 heterocycles. The van der Waals surface area contributed by atoms with Crippen molar-refractivity contribution in [1.29, 1.82) is 0 Å². The number of esters is 1. The Hall–Kier alpha value is -3.43. The summed E-state index contributed by atoms with van der Waals surface area (Å²) in [6.45, 7) is 1.54. The fourth-order valence-electron chi connectivity index (χ4n) is 3.58. The number of para-hydroxylation sites is 1. The standard InChI is InChI=1S/C19H22N4O6/c1-3-10-20-18(28)21-14(24)11-29-17(27)19-9-8-15(25)23(19)13-7-5-4-6-12(13)16(26)22(19)2/h4-7H,3,8-11H2,1-2H3,(H2,20,21,24,28)/t19-/m1/s1. The van der Waals surface area contributed by atoms with E-state index in [4.69, 9.17) is 4.74 Å². The van der Waals surface area contributed by atoms with Gasteiger partial charge < -0.3 is 15.0 Å². The van der Waals surface area contributed by atoms with Crippen LogP contribution in [-0.2, 0) is 19.1 Å². The number of carbonyl (C=O) groups is 5. The molecule has 1 aromatic rings. The number of rotatable bonds is 5. The van der Waals surface area contributed by atoms with E-state index in [0.29, 0.717) is 24.2 Å². The Balaban J connectivity index is 1.78.